The van der Waals surface area contributed by atoms with E-state index in [0.717, 1.165) is 5.56 Å². The molecule has 0 N–H and O–H groups in total. The zero-order valence-electron chi connectivity index (χ0n) is 21.0. The third-order valence-electron chi connectivity index (χ3n) is 5.92. The molecule has 1 nitrogen and oxygen atoms in total. The Morgan fingerprint density at radius 2 is 1.12 bits per heavy atom. The first-order valence-corrected chi connectivity index (χ1v) is 11.6. The van der Waals surface area contributed by atoms with Crippen LogP contribution >= 0.6 is 0 Å². The molecule has 3 aromatic carbocycles. The predicted molar refractivity (Wildman–Crippen MR) is 143 cm³/mol. The predicted octanol–water partition coefficient (Wildman–Crippen LogP) is 9.20. The van der Waals surface area contributed by atoms with Crippen molar-refractivity contribution < 1.29 is 0 Å². The monoisotopic (exact) mass is 423 g/mol. The Bertz CT molecular complexity index is 1210. The van der Waals surface area contributed by atoms with Crippen LogP contribution in [0.15, 0.2) is 73.0 Å². The van der Waals surface area contributed by atoms with E-state index in [1.54, 1.807) is 0 Å². The largest absolute Gasteiger partial charge is 0.309 e. The van der Waals surface area contributed by atoms with Gasteiger partial charge in [0, 0.05) is 16.5 Å². The van der Waals surface area contributed by atoms with E-state index >= 15 is 0 Å². The van der Waals surface area contributed by atoms with Crippen molar-refractivity contribution in [3.63, 3.8) is 0 Å². The first-order valence-electron chi connectivity index (χ1n) is 11.6. The van der Waals surface area contributed by atoms with E-state index in [0.29, 0.717) is 0 Å². The summed E-state index contributed by atoms with van der Waals surface area (Å²) in [5.41, 5.74) is 10.6. The van der Waals surface area contributed by atoms with Crippen LogP contribution in [0, 0.1) is 0 Å². The lowest BCUT2D eigenvalue weighted by Gasteiger charge is -2.19. The van der Waals surface area contributed by atoms with Crippen molar-refractivity contribution in [2.24, 2.45) is 0 Å². The van der Waals surface area contributed by atoms with Gasteiger partial charge in [-0.2, -0.15) is 0 Å². The van der Waals surface area contributed by atoms with Gasteiger partial charge in [0.15, 0.2) is 0 Å². The van der Waals surface area contributed by atoms with Crippen molar-refractivity contribution in [2.75, 3.05) is 0 Å². The molecule has 0 radical (unpaired) electrons. The molecule has 0 aliphatic rings. The van der Waals surface area contributed by atoms with Gasteiger partial charge in [0.1, 0.15) is 0 Å². The van der Waals surface area contributed by atoms with E-state index in [2.05, 4.69) is 119 Å². The van der Waals surface area contributed by atoms with E-state index < -0.39 is 0 Å². The van der Waals surface area contributed by atoms with Gasteiger partial charge in [-0.25, -0.2) is 0 Å². The Labute approximate surface area is 194 Å². The second kappa shape index (κ2) is 8.85. The summed E-state index contributed by atoms with van der Waals surface area (Å²) >= 11 is 0. The van der Waals surface area contributed by atoms with Crippen LogP contribution in [-0.4, -0.2) is 4.57 Å². The fourth-order valence-corrected chi connectivity index (χ4v) is 4.07. The average Bonchev–Trinajstić information content (AvgIpc) is 3.08. The lowest BCUT2D eigenvalue weighted by atomic mass is 9.85. The van der Waals surface area contributed by atoms with Gasteiger partial charge in [0.05, 0.1) is 11.0 Å². The minimum atomic E-state index is 0.114. The number of hydrogen-bond acceptors (Lipinski definition) is 0. The molecule has 0 aliphatic heterocycles. The third kappa shape index (κ3) is 4.45. The molecule has 0 aliphatic carbocycles. The quantitative estimate of drug-likeness (QED) is 0.283. The molecule has 4 aromatic rings. The van der Waals surface area contributed by atoms with Gasteiger partial charge in [-0.3, -0.25) is 0 Å². The molecule has 1 heteroatoms. The Morgan fingerprint density at radius 1 is 0.688 bits per heavy atom. The van der Waals surface area contributed by atoms with Crippen LogP contribution < -0.4 is 0 Å². The molecule has 1 aromatic heterocycles. The van der Waals surface area contributed by atoms with Gasteiger partial charge >= 0.3 is 0 Å². The van der Waals surface area contributed by atoms with Crippen LogP contribution in [0.3, 0.4) is 0 Å². The zero-order valence-corrected chi connectivity index (χ0v) is 21.0. The van der Waals surface area contributed by atoms with Crippen LogP contribution in [-0.2, 0) is 10.8 Å². The summed E-state index contributed by atoms with van der Waals surface area (Å²) in [5, 5.41) is 2.64. The highest BCUT2D eigenvalue weighted by Gasteiger charge is 2.20. The van der Waals surface area contributed by atoms with Gasteiger partial charge in [-0.05, 0) is 70.0 Å². The van der Waals surface area contributed by atoms with Crippen molar-refractivity contribution in [1.82, 2.24) is 4.57 Å². The van der Waals surface area contributed by atoms with Gasteiger partial charge in [-0.15, -0.1) is 5.73 Å². The standard InChI is InChI=1S/C29H31N.C2H6/c1-8-9-20-10-14-23(15-11-20)30-26-16-12-21(28(2,3)4)18-24(26)25-19-22(29(5,6)7)13-17-27(25)30;1-2/h9-19H,1H2,2-7H3;1-2H3. The maximum atomic E-state index is 3.68. The Kier molecular flexibility index (Phi) is 6.54. The molecule has 4 rings (SSSR count). The van der Waals surface area contributed by atoms with Crippen molar-refractivity contribution in [1.29, 1.82) is 0 Å². The van der Waals surface area contributed by atoms with Crippen LogP contribution in [0.2, 0.25) is 0 Å². The van der Waals surface area contributed by atoms with Gasteiger partial charge in [-0.1, -0.05) is 86.2 Å². The summed E-state index contributed by atoms with van der Waals surface area (Å²) < 4.78 is 2.38. The highest BCUT2D eigenvalue weighted by molar-refractivity contribution is 6.09. The maximum Gasteiger partial charge on any atom is 0.0541 e. The topological polar surface area (TPSA) is 4.93 Å². The fraction of sp³-hybridized carbons (Fsp3) is 0.323. The smallest absolute Gasteiger partial charge is 0.0541 e. The molecule has 0 fully saturated rings. The summed E-state index contributed by atoms with van der Waals surface area (Å²) in [5.74, 6) is 0. The number of benzene rings is 3. The number of nitrogens with zero attached hydrogens (tertiary/aromatic N) is 1. The first-order chi connectivity index (χ1) is 15.1. The van der Waals surface area contributed by atoms with Crippen molar-refractivity contribution in [3.05, 3.63) is 89.7 Å². The minimum absolute atomic E-state index is 0.114. The van der Waals surface area contributed by atoms with Crippen LogP contribution in [0.1, 0.15) is 72.1 Å². The lowest BCUT2D eigenvalue weighted by molar-refractivity contribution is 0.590. The first kappa shape index (κ1) is 23.6. The molecule has 0 amide bonds. The maximum absolute atomic E-state index is 3.68. The number of fused-ring (bicyclic) bond motifs is 3. The van der Waals surface area contributed by atoms with Crippen LogP contribution in [0.4, 0.5) is 0 Å². The summed E-state index contributed by atoms with van der Waals surface area (Å²) in [6, 6.07) is 22.5. The molecule has 32 heavy (non-hydrogen) atoms. The van der Waals surface area contributed by atoms with Crippen molar-refractivity contribution in [3.8, 4) is 5.69 Å². The SMILES string of the molecule is C=C=Cc1ccc(-n2c3ccc(C(C)(C)C)cc3c3cc(C(C)(C)C)ccc32)cc1.CC. The number of aromatic nitrogens is 1. The Hall–Kier alpha value is -3.02. The highest BCUT2D eigenvalue weighted by Crippen LogP contribution is 2.37. The van der Waals surface area contributed by atoms with Gasteiger partial charge in [0.25, 0.3) is 0 Å². The summed E-state index contributed by atoms with van der Waals surface area (Å²) in [7, 11) is 0. The lowest BCUT2D eigenvalue weighted by Crippen LogP contribution is -2.10. The molecular weight excluding hydrogens is 386 g/mol. The van der Waals surface area contributed by atoms with Gasteiger partial charge < -0.3 is 4.57 Å². The van der Waals surface area contributed by atoms with Crippen LogP contribution in [0.5, 0.6) is 0 Å². The summed E-state index contributed by atoms with van der Waals surface area (Å²) in [6.07, 6.45) is 1.90. The fourth-order valence-electron chi connectivity index (χ4n) is 4.07. The average molecular weight is 424 g/mol. The Morgan fingerprint density at radius 3 is 1.50 bits per heavy atom. The normalized spacial score (nSPS) is 11.8. The Balaban J connectivity index is 0.00000141. The molecular formula is C31H37N. The molecule has 0 unspecified atom stereocenters. The van der Waals surface area contributed by atoms with Crippen molar-refractivity contribution >= 4 is 27.9 Å². The number of rotatable bonds is 2. The molecule has 0 bridgehead atoms. The summed E-state index contributed by atoms with van der Waals surface area (Å²) in [4.78, 5) is 0. The molecule has 166 valence electrons. The molecule has 0 saturated heterocycles. The van der Waals surface area contributed by atoms with E-state index in [4.69, 9.17) is 0 Å². The van der Waals surface area contributed by atoms with E-state index in [-0.39, 0.29) is 10.8 Å². The van der Waals surface area contributed by atoms with Crippen LogP contribution in [0.25, 0.3) is 33.6 Å². The second-order valence-electron chi connectivity index (χ2n) is 10.2. The molecule has 0 saturated carbocycles. The molecule has 0 spiro atoms. The summed E-state index contributed by atoms with van der Waals surface area (Å²) in [6.45, 7) is 21.3. The third-order valence-corrected chi connectivity index (χ3v) is 5.92. The molecule has 0 atom stereocenters. The van der Waals surface area contributed by atoms with E-state index in [1.165, 1.54) is 38.6 Å². The zero-order chi connectivity index (χ0) is 23.7. The van der Waals surface area contributed by atoms with Gasteiger partial charge in [0.2, 0.25) is 0 Å². The van der Waals surface area contributed by atoms with Crippen molar-refractivity contribution in [2.45, 2.75) is 66.2 Å². The minimum Gasteiger partial charge on any atom is -0.309 e. The number of hydrogen-bond donors (Lipinski definition) is 0. The molecule has 1 heterocycles. The highest BCUT2D eigenvalue weighted by atomic mass is 15.0. The van der Waals surface area contributed by atoms with E-state index in [1.807, 2.05) is 19.9 Å². The van der Waals surface area contributed by atoms with E-state index in [9.17, 15) is 0 Å². The second-order valence-corrected chi connectivity index (χ2v) is 10.2.